The summed E-state index contributed by atoms with van der Waals surface area (Å²) in [6.07, 6.45) is 0.213. The van der Waals surface area contributed by atoms with E-state index in [1.54, 1.807) is 23.7 Å². The standard InChI is InChI=1S/C11H8Cl2N2OS/c12-8-2-1-3-9(13)11(8)15-10(16)4-7-5-17-6-14-7/h1-3,5-6H,4H2,(H,15,16). The molecule has 17 heavy (non-hydrogen) atoms. The molecule has 0 spiro atoms. The van der Waals surface area contributed by atoms with Gasteiger partial charge in [0.2, 0.25) is 5.91 Å². The summed E-state index contributed by atoms with van der Waals surface area (Å²) >= 11 is 13.3. The van der Waals surface area contributed by atoms with Gasteiger partial charge in [-0.05, 0) is 12.1 Å². The molecule has 0 saturated heterocycles. The number of aromatic nitrogens is 1. The highest BCUT2D eigenvalue weighted by Crippen LogP contribution is 2.29. The van der Waals surface area contributed by atoms with E-state index < -0.39 is 0 Å². The summed E-state index contributed by atoms with van der Waals surface area (Å²) in [6.45, 7) is 0. The molecule has 1 aromatic carbocycles. The molecule has 0 aliphatic heterocycles. The topological polar surface area (TPSA) is 42.0 Å². The molecular weight excluding hydrogens is 279 g/mol. The van der Waals surface area contributed by atoms with Gasteiger partial charge in [-0.1, -0.05) is 29.3 Å². The predicted octanol–water partition coefficient (Wildman–Crippen LogP) is 3.63. The first-order valence-corrected chi connectivity index (χ1v) is 6.47. The number of nitrogens with one attached hydrogen (secondary N) is 1. The number of hydrogen-bond acceptors (Lipinski definition) is 3. The maximum Gasteiger partial charge on any atom is 0.230 e. The Bertz CT molecular complexity index is 508. The Morgan fingerprint density at radius 2 is 2.06 bits per heavy atom. The molecule has 0 aliphatic rings. The highest BCUT2D eigenvalue weighted by atomic mass is 35.5. The number of hydrogen-bond donors (Lipinski definition) is 1. The molecule has 6 heteroatoms. The van der Waals surface area contributed by atoms with Crippen molar-refractivity contribution in [3.05, 3.63) is 44.8 Å². The van der Waals surface area contributed by atoms with Gasteiger partial charge in [0.1, 0.15) is 0 Å². The number of benzene rings is 1. The van der Waals surface area contributed by atoms with Gasteiger partial charge in [0, 0.05) is 5.38 Å². The van der Waals surface area contributed by atoms with Crippen molar-refractivity contribution in [2.45, 2.75) is 6.42 Å². The van der Waals surface area contributed by atoms with E-state index in [-0.39, 0.29) is 12.3 Å². The molecule has 0 atom stereocenters. The molecule has 0 aliphatic carbocycles. The van der Waals surface area contributed by atoms with Crippen LogP contribution in [0.1, 0.15) is 5.69 Å². The fraction of sp³-hybridized carbons (Fsp3) is 0.0909. The van der Waals surface area contributed by atoms with Crippen LogP contribution in [0.4, 0.5) is 5.69 Å². The van der Waals surface area contributed by atoms with Crippen LogP contribution in [-0.2, 0) is 11.2 Å². The number of amides is 1. The SMILES string of the molecule is O=C(Cc1cscn1)Nc1c(Cl)cccc1Cl. The van der Waals surface area contributed by atoms with Gasteiger partial charge in [-0.15, -0.1) is 11.3 Å². The Morgan fingerprint density at radius 3 is 2.65 bits per heavy atom. The summed E-state index contributed by atoms with van der Waals surface area (Å²) < 4.78 is 0. The van der Waals surface area contributed by atoms with Crippen molar-refractivity contribution < 1.29 is 4.79 Å². The maximum atomic E-state index is 11.7. The van der Waals surface area contributed by atoms with Crippen LogP contribution in [0.25, 0.3) is 0 Å². The number of rotatable bonds is 3. The van der Waals surface area contributed by atoms with Crippen molar-refractivity contribution in [3.8, 4) is 0 Å². The number of halogens is 2. The molecule has 88 valence electrons. The first-order chi connectivity index (χ1) is 8.16. The second-order valence-corrected chi connectivity index (χ2v) is 4.83. The predicted molar refractivity (Wildman–Crippen MR) is 70.9 cm³/mol. The second kappa shape index (κ2) is 5.49. The van der Waals surface area contributed by atoms with Crippen LogP contribution in [-0.4, -0.2) is 10.9 Å². The third kappa shape index (κ3) is 3.19. The van der Waals surface area contributed by atoms with Crippen LogP contribution in [0.2, 0.25) is 10.0 Å². The lowest BCUT2D eigenvalue weighted by molar-refractivity contribution is -0.115. The van der Waals surface area contributed by atoms with Crippen LogP contribution >= 0.6 is 34.5 Å². The molecule has 2 aromatic rings. The van der Waals surface area contributed by atoms with Crippen LogP contribution < -0.4 is 5.32 Å². The van der Waals surface area contributed by atoms with Gasteiger partial charge in [0.25, 0.3) is 0 Å². The van der Waals surface area contributed by atoms with Gasteiger partial charge in [-0.2, -0.15) is 0 Å². The minimum Gasteiger partial charge on any atom is -0.323 e. The minimum absolute atomic E-state index is 0.189. The van der Waals surface area contributed by atoms with E-state index in [2.05, 4.69) is 10.3 Å². The highest BCUT2D eigenvalue weighted by Gasteiger charge is 2.10. The third-order valence-corrected chi connectivity index (χ3v) is 3.32. The van der Waals surface area contributed by atoms with Crippen LogP contribution in [0.3, 0.4) is 0 Å². The maximum absolute atomic E-state index is 11.7. The lowest BCUT2D eigenvalue weighted by Crippen LogP contribution is -2.15. The minimum atomic E-state index is -0.189. The summed E-state index contributed by atoms with van der Waals surface area (Å²) in [7, 11) is 0. The number of carbonyl (C=O) groups excluding carboxylic acids is 1. The lowest BCUT2D eigenvalue weighted by atomic mass is 10.3. The molecule has 1 N–H and O–H groups in total. The summed E-state index contributed by atoms with van der Waals surface area (Å²) in [6, 6.07) is 5.07. The van der Waals surface area contributed by atoms with Crippen molar-refractivity contribution in [1.82, 2.24) is 4.98 Å². The van der Waals surface area contributed by atoms with Crippen LogP contribution in [0, 0.1) is 0 Å². The average Bonchev–Trinajstić information content (AvgIpc) is 2.76. The molecule has 0 radical (unpaired) electrons. The Hall–Kier alpha value is -1.10. The Morgan fingerprint density at radius 1 is 1.35 bits per heavy atom. The summed E-state index contributed by atoms with van der Waals surface area (Å²) in [4.78, 5) is 15.8. The second-order valence-electron chi connectivity index (χ2n) is 3.30. The van der Waals surface area contributed by atoms with E-state index in [1.165, 1.54) is 11.3 Å². The van der Waals surface area contributed by atoms with E-state index in [1.807, 2.05) is 5.38 Å². The van der Waals surface area contributed by atoms with Crippen molar-refractivity contribution in [1.29, 1.82) is 0 Å². The number of thiazole rings is 1. The summed E-state index contributed by atoms with van der Waals surface area (Å²) in [5.41, 5.74) is 2.86. The molecule has 0 unspecified atom stereocenters. The quantitative estimate of drug-likeness (QED) is 0.936. The molecule has 0 saturated carbocycles. The molecule has 1 heterocycles. The van der Waals surface area contributed by atoms with E-state index in [4.69, 9.17) is 23.2 Å². The van der Waals surface area contributed by atoms with Crippen LogP contribution in [0.15, 0.2) is 29.1 Å². The van der Waals surface area contributed by atoms with E-state index in [0.717, 1.165) is 5.69 Å². The molecule has 1 aromatic heterocycles. The van der Waals surface area contributed by atoms with E-state index in [9.17, 15) is 4.79 Å². The zero-order valence-electron chi connectivity index (χ0n) is 8.61. The van der Waals surface area contributed by atoms with Crippen molar-refractivity contribution >= 4 is 46.1 Å². The fourth-order valence-electron chi connectivity index (χ4n) is 1.29. The molecule has 0 bridgehead atoms. The number of anilines is 1. The lowest BCUT2D eigenvalue weighted by Gasteiger charge is -2.08. The van der Waals surface area contributed by atoms with Gasteiger partial charge >= 0.3 is 0 Å². The van der Waals surface area contributed by atoms with Crippen molar-refractivity contribution in [3.63, 3.8) is 0 Å². The van der Waals surface area contributed by atoms with Crippen molar-refractivity contribution in [2.75, 3.05) is 5.32 Å². The molecule has 1 amide bonds. The fourth-order valence-corrected chi connectivity index (χ4v) is 2.34. The average molecular weight is 287 g/mol. The third-order valence-electron chi connectivity index (χ3n) is 2.05. The van der Waals surface area contributed by atoms with Gasteiger partial charge in [-0.25, -0.2) is 4.98 Å². The summed E-state index contributed by atoms with van der Waals surface area (Å²) in [5.74, 6) is -0.189. The van der Waals surface area contributed by atoms with E-state index >= 15 is 0 Å². The Kier molecular flexibility index (Phi) is 3.99. The van der Waals surface area contributed by atoms with Crippen molar-refractivity contribution in [2.24, 2.45) is 0 Å². The van der Waals surface area contributed by atoms with Gasteiger partial charge in [-0.3, -0.25) is 4.79 Å². The molecule has 2 rings (SSSR count). The highest BCUT2D eigenvalue weighted by molar-refractivity contribution is 7.07. The largest absolute Gasteiger partial charge is 0.323 e. The number of para-hydroxylation sites is 1. The van der Waals surface area contributed by atoms with Gasteiger partial charge < -0.3 is 5.32 Å². The monoisotopic (exact) mass is 286 g/mol. The van der Waals surface area contributed by atoms with E-state index in [0.29, 0.717) is 15.7 Å². The Balaban J connectivity index is 2.08. The zero-order valence-corrected chi connectivity index (χ0v) is 10.9. The smallest absolute Gasteiger partial charge is 0.230 e. The molecule has 0 fully saturated rings. The zero-order chi connectivity index (χ0) is 12.3. The normalized spacial score (nSPS) is 10.2. The molecule has 3 nitrogen and oxygen atoms in total. The summed E-state index contributed by atoms with van der Waals surface area (Å²) in [5, 5.41) is 5.35. The van der Waals surface area contributed by atoms with Crippen LogP contribution in [0.5, 0.6) is 0 Å². The first-order valence-electron chi connectivity index (χ1n) is 4.78. The number of carbonyl (C=O) groups is 1. The van der Waals surface area contributed by atoms with Gasteiger partial charge in [0.15, 0.2) is 0 Å². The number of nitrogens with zero attached hydrogens (tertiary/aromatic N) is 1. The first kappa shape index (κ1) is 12.4. The Labute approximate surface area is 112 Å². The van der Waals surface area contributed by atoms with Gasteiger partial charge in [0.05, 0.1) is 33.4 Å². The molecular formula is C11H8Cl2N2OS.